The normalized spacial score (nSPS) is 19.4. The number of carboxylic acid groups (broad SMARTS) is 1. The van der Waals surface area contributed by atoms with Crippen molar-refractivity contribution in [1.29, 1.82) is 0 Å². The fraction of sp³-hybridized carbons (Fsp3) is 0.750. The van der Waals surface area contributed by atoms with Gasteiger partial charge in [0.2, 0.25) is 11.8 Å². The fourth-order valence-corrected chi connectivity index (χ4v) is 2.01. The summed E-state index contributed by atoms with van der Waals surface area (Å²) >= 11 is 0. The van der Waals surface area contributed by atoms with Gasteiger partial charge in [-0.05, 0) is 19.3 Å². The van der Waals surface area contributed by atoms with E-state index in [0.29, 0.717) is 25.8 Å². The van der Waals surface area contributed by atoms with Gasteiger partial charge in [-0.1, -0.05) is 6.92 Å². The molecule has 0 spiro atoms. The van der Waals surface area contributed by atoms with Gasteiger partial charge in [0.25, 0.3) is 0 Å². The molecule has 1 atom stereocenters. The number of rotatable bonds is 5. The minimum Gasteiger partial charge on any atom is -0.481 e. The fourth-order valence-electron chi connectivity index (χ4n) is 2.01. The number of hydrogen-bond donors (Lipinski definition) is 2. The molecular formula is C12H20N2O4. The zero-order chi connectivity index (χ0) is 13.5. The monoisotopic (exact) mass is 256 g/mol. The van der Waals surface area contributed by atoms with Crippen molar-refractivity contribution in [3.8, 4) is 0 Å². The molecule has 0 aliphatic carbocycles. The Bertz CT molecular complexity index is 330. The second-order valence-electron chi connectivity index (χ2n) is 4.54. The van der Waals surface area contributed by atoms with Gasteiger partial charge in [-0.15, -0.1) is 0 Å². The van der Waals surface area contributed by atoms with Gasteiger partial charge in [0, 0.05) is 19.5 Å². The molecule has 0 saturated carbocycles. The molecule has 1 rings (SSSR count). The van der Waals surface area contributed by atoms with E-state index in [2.05, 4.69) is 5.32 Å². The maximum absolute atomic E-state index is 11.8. The van der Waals surface area contributed by atoms with Crippen molar-refractivity contribution in [3.05, 3.63) is 0 Å². The van der Waals surface area contributed by atoms with E-state index in [1.165, 1.54) is 4.90 Å². The summed E-state index contributed by atoms with van der Waals surface area (Å²) in [7, 11) is 0. The zero-order valence-corrected chi connectivity index (χ0v) is 10.6. The molecule has 0 aromatic heterocycles. The van der Waals surface area contributed by atoms with Gasteiger partial charge < -0.3 is 15.3 Å². The number of carbonyl (C=O) groups excluding carboxylic acids is 2. The molecule has 0 unspecified atom stereocenters. The van der Waals surface area contributed by atoms with Crippen LogP contribution in [-0.4, -0.2) is 47.4 Å². The van der Waals surface area contributed by atoms with E-state index < -0.39 is 11.9 Å². The van der Waals surface area contributed by atoms with Gasteiger partial charge >= 0.3 is 5.97 Å². The molecule has 102 valence electrons. The Kier molecular flexibility index (Phi) is 5.61. The molecule has 18 heavy (non-hydrogen) atoms. The molecule has 6 nitrogen and oxygen atoms in total. The number of aliphatic carboxylic acids is 1. The predicted octanol–water partition coefficient (Wildman–Crippen LogP) is 0.226. The lowest BCUT2D eigenvalue weighted by molar-refractivity contribution is -0.145. The lowest BCUT2D eigenvalue weighted by atomic mass is 9.98. The van der Waals surface area contributed by atoms with Crippen LogP contribution >= 0.6 is 0 Å². The highest BCUT2D eigenvalue weighted by molar-refractivity contribution is 5.85. The maximum Gasteiger partial charge on any atom is 0.308 e. The van der Waals surface area contributed by atoms with E-state index in [4.69, 9.17) is 5.11 Å². The third kappa shape index (κ3) is 4.35. The van der Waals surface area contributed by atoms with Crippen LogP contribution in [0.5, 0.6) is 0 Å². The smallest absolute Gasteiger partial charge is 0.308 e. The van der Waals surface area contributed by atoms with E-state index in [-0.39, 0.29) is 24.9 Å². The van der Waals surface area contributed by atoms with Gasteiger partial charge in [-0.25, -0.2) is 0 Å². The second kappa shape index (κ2) is 6.98. The second-order valence-corrected chi connectivity index (χ2v) is 4.54. The minimum absolute atomic E-state index is 0.0365. The Labute approximate surface area is 106 Å². The summed E-state index contributed by atoms with van der Waals surface area (Å²) < 4.78 is 0. The summed E-state index contributed by atoms with van der Waals surface area (Å²) in [6.45, 7) is 2.68. The quantitative estimate of drug-likeness (QED) is 0.737. The van der Waals surface area contributed by atoms with Crippen molar-refractivity contribution in [2.45, 2.75) is 32.6 Å². The number of piperidine rings is 1. The molecule has 0 aromatic carbocycles. The first-order chi connectivity index (χ1) is 8.54. The Morgan fingerprint density at radius 2 is 2.11 bits per heavy atom. The van der Waals surface area contributed by atoms with E-state index >= 15 is 0 Å². The standard InChI is InChI=1S/C12H20N2O4/c1-2-4-10(15)13-7-11(16)14-6-3-5-9(8-14)12(17)18/h9H,2-8H2,1H3,(H,13,15)(H,17,18)/t9-/m0/s1. The topological polar surface area (TPSA) is 86.7 Å². The molecule has 1 aliphatic rings. The largest absolute Gasteiger partial charge is 0.481 e. The van der Waals surface area contributed by atoms with Crippen molar-refractivity contribution < 1.29 is 19.5 Å². The molecular weight excluding hydrogens is 236 g/mol. The van der Waals surface area contributed by atoms with Crippen molar-refractivity contribution in [2.75, 3.05) is 19.6 Å². The Morgan fingerprint density at radius 1 is 1.39 bits per heavy atom. The molecule has 0 radical (unpaired) electrons. The van der Waals surface area contributed by atoms with Crippen molar-refractivity contribution in [2.24, 2.45) is 5.92 Å². The summed E-state index contributed by atoms with van der Waals surface area (Å²) in [5, 5.41) is 11.5. The Balaban J connectivity index is 2.37. The molecule has 2 N–H and O–H groups in total. The number of hydrogen-bond acceptors (Lipinski definition) is 3. The molecule has 0 bridgehead atoms. The van der Waals surface area contributed by atoms with Crippen molar-refractivity contribution >= 4 is 17.8 Å². The molecule has 0 aromatic rings. The van der Waals surface area contributed by atoms with Crippen LogP contribution in [0.15, 0.2) is 0 Å². The average Bonchev–Trinajstić information content (AvgIpc) is 2.36. The molecule has 6 heteroatoms. The van der Waals surface area contributed by atoms with Gasteiger partial charge in [0.1, 0.15) is 0 Å². The van der Waals surface area contributed by atoms with Gasteiger partial charge in [-0.2, -0.15) is 0 Å². The van der Waals surface area contributed by atoms with Crippen LogP contribution in [-0.2, 0) is 14.4 Å². The lowest BCUT2D eigenvalue weighted by Crippen LogP contribution is -2.46. The van der Waals surface area contributed by atoms with Gasteiger partial charge in [0.05, 0.1) is 12.5 Å². The number of carboxylic acids is 1. The Morgan fingerprint density at radius 3 is 2.72 bits per heavy atom. The summed E-state index contributed by atoms with van der Waals surface area (Å²) in [4.78, 5) is 35.4. The summed E-state index contributed by atoms with van der Waals surface area (Å²) in [6.07, 6.45) is 2.46. The first-order valence-corrected chi connectivity index (χ1v) is 6.31. The summed E-state index contributed by atoms with van der Waals surface area (Å²) in [5.41, 5.74) is 0. The van der Waals surface area contributed by atoms with Crippen molar-refractivity contribution in [1.82, 2.24) is 10.2 Å². The van der Waals surface area contributed by atoms with Crippen molar-refractivity contribution in [3.63, 3.8) is 0 Å². The lowest BCUT2D eigenvalue weighted by Gasteiger charge is -2.30. The van der Waals surface area contributed by atoms with Gasteiger partial charge in [-0.3, -0.25) is 14.4 Å². The number of amides is 2. The third-order valence-electron chi connectivity index (χ3n) is 3.04. The maximum atomic E-state index is 11.8. The molecule has 2 amide bonds. The molecule has 1 heterocycles. The first kappa shape index (κ1) is 14.5. The van der Waals surface area contributed by atoms with E-state index in [9.17, 15) is 14.4 Å². The molecule has 1 saturated heterocycles. The molecule has 1 aliphatic heterocycles. The van der Waals surface area contributed by atoms with Crippen LogP contribution in [0.25, 0.3) is 0 Å². The highest BCUT2D eigenvalue weighted by Gasteiger charge is 2.27. The summed E-state index contributed by atoms with van der Waals surface area (Å²) in [6, 6.07) is 0. The van der Waals surface area contributed by atoms with Crippen LogP contribution in [0.2, 0.25) is 0 Å². The van der Waals surface area contributed by atoms with E-state index in [1.54, 1.807) is 0 Å². The molecule has 1 fully saturated rings. The average molecular weight is 256 g/mol. The van der Waals surface area contributed by atoms with Crippen LogP contribution < -0.4 is 5.32 Å². The van der Waals surface area contributed by atoms with Gasteiger partial charge in [0.15, 0.2) is 0 Å². The Hall–Kier alpha value is -1.59. The predicted molar refractivity (Wildman–Crippen MR) is 64.9 cm³/mol. The number of nitrogens with one attached hydrogen (secondary N) is 1. The summed E-state index contributed by atoms with van der Waals surface area (Å²) in [5.74, 6) is -1.68. The minimum atomic E-state index is -0.859. The highest BCUT2D eigenvalue weighted by atomic mass is 16.4. The van der Waals surface area contributed by atoms with Crippen LogP contribution in [0.1, 0.15) is 32.6 Å². The van der Waals surface area contributed by atoms with E-state index in [0.717, 1.165) is 6.42 Å². The van der Waals surface area contributed by atoms with E-state index in [1.807, 2.05) is 6.92 Å². The van der Waals surface area contributed by atoms with Crippen LogP contribution in [0, 0.1) is 5.92 Å². The SMILES string of the molecule is CCCC(=O)NCC(=O)N1CCC[C@H](C(=O)O)C1. The number of nitrogens with zero attached hydrogens (tertiary/aromatic N) is 1. The number of carbonyl (C=O) groups is 3. The number of likely N-dealkylation sites (tertiary alicyclic amines) is 1. The van der Waals surface area contributed by atoms with Crippen LogP contribution in [0.4, 0.5) is 0 Å². The third-order valence-corrected chi connectivity index (χ3v) is 3.04. The van der Waals surface area contributed by atoms with Crippen LogP contribution in [0.3, 0.4) is 0 Å². The first-order valence-electron chi connectivity index (χ1n) is 6.31. The zero-order valence-electron chi connectivity index (χ0n) is 10.6. The highest BCUT2D eigenvalue weighted by Crippen LogP contribution is 2.16.